The quantitative estimate of drug-likeness (QED) is 0.298. The van der Waals surface area contributed by atoms with Crippen molar-refractivity contribution in [1.29, 1.82) is 0 Å². The Morgan fingerprint density at radius 3 is 2.33 bits per heavy atom. The molecule has 148 valence electrons. The van der Waals surface area contributed by atoms with Crippen LogP contribution in [0.25, 0.3) is 42.8 Å². The largest absolute Gasteiger partial charge is 0.256 e. The molecule has 0 saturated carbocycles. The SMILES string of the molecule is Cc1ccccc1-c1nc2c(-c3cccc4cccnc34)cc(C(C)(C)C)cc2s1. The lowest BCUT2D eigenvalue weighted by Crippen LogP contribution is -2.11. The van der Waals surface area contributed by atoms with E-state index in [0.717, 1.165) is 32.6 Å². The van der Waals surface area contributed by atoms with Gasteiger partial charge < -0.3 is 0 Å². The van der Waals surface area contributed by atoms with Crippen molar-refractivity contribution in [3.8, 4) is 21.7 Å². The molecule has 5 aromatic rings. The molecule has 5 rings (SSSR count). The maximum atomic E-state index is 5.14. The third-order valence-electron chi connectivity index (χ3n) is 5.66. The van der Waals surface area contributed by atoms with Crippen molar-refractivity contribution < 1.29 is 0 Å². The Labute approximate surface area is 181 Å². The van der Waals surface area contributed by atoms with Crippen molar-refractivity contribution in [2.45, 2.75) is 33.1 Å². The Balaban J connectivity index is 1.85. The highest BCUT2D eigenvalue weighted by Gasteiger charge is 2.21. The van der Waals surface area contributed by atoms with Crippen LogP contribution in [0.1, 0.15) is 31.9 Å². The van der Waals surface area contributed by atoms with Gasteiger partial charge in [-0.2, -0.15) is 0 Å². The Kier molecular flexibility index (Phi) is 4.44. The summed E-state index contributed by atoms with van der Waals surface area (Å²) in [5, 5.41) is 2.22. The highest BCUT2D eigenvalue weighted by molar-refractivity contribution is 7.21. The minimum atomic E-state index is 0.0494. The number of aromatic nitrogens is 2. The van der Waals surface area contributed by atoms with E-state index in [9.17, 15) is 0 Å². The number of nitrogens with zero attached hydrogens (tertiary/aromatic N) is 2. The Bertz CT molecular complexity index is 1380. The number of hydrogen-bond donors (Lipinski definition) is 0. The molecule has 2 heterocycles. The molecule has 2 nitrogen and oxygen atoms in total. The summed E-state index contributed by atoms with van der Waals surface area (Å²) in [6.45, 7) is 8.95. The molecular weight excluding hydrogens is 384 g/mol. The van der Waals surface area contributed by atoms with Crippen molar-refractivity contribution in [2.24, 2.45) is 0 Å². The van der Waals surface area contributed by atoms with Crippen LogP contribution >= 0.6 is 11.3 Å². The zero-order valence-electron chi connectivity index (χ0n) is 17.7. The number of aryl methyl sites for hydroxylation is 1. The number of hydrogen-bond acceptors (Lipinski definition) is 3. The van der Waals surface area contributed by atoms with Gasteiger partial charge in [-0.3, -0.25) is 4.98 Å². The van der Waals surface area contributed by atoms with Gasteiger partial charge in [-0.25, -0.2) is 4.98 Å². The van der Waals surface area contributed by atoms with E-state index in [4.69, 9.17) is 9.97 Å². The number of rotatable bonds is 2. The Hall–Kier alpha value is -3.04. The lowest BCUT2D eigenvalue weighted by molar-refractivity contribution is 0.591. The van der Waals surface area contributed by atoms with Crippen LogP contribution in [0.15, 0.2) is 72.9 Å². The average Bonchev–Trinajstić information content (AvgIpc) is 3.16. The first-order valence-electron chi connectivity index (χ1n) is 10.3. The predicted octanol–water partition coefficient (Wildman–Crippen LogP) is 7.78. The molecule has 0 radical (unpaired) electrons. The van der Waals surface area contributed by atoms with Gasteiger partial charge in [0, 0.05) is 28.3 Å². The molecular formula is C27H24N2S. The van der Waals surface area contributed by atoms with E-state index in [-0.39, 0.29) is 5.41 Å². The van der Waals surface area contributed by atoms with E-state index in [1.165, 1.54) is 21.4 Å². The minimum Gasteiger partial charge on any atom is -0.256 e. The maximum Gasteiger partial charge on any atom is 0.124 e. The molecule has 30 heavy (non-hydrogen) atoms. The molecule has 2 aromatic heterocycles. The molecule has 3 heteroatoms. The maximum absolute atomic E-state index is 5.14. The van der Waals surface area contributed by atoms with E-state index in [2.05, 4.69) is 88.4 Å². The highest BCUT2D eigenvalue weighted by Crippen LogP contribution is 2.41. The normalized spacial score (nSPS) is 12.0. The first-order valence-corrected chi connectivity index (χ1v) is 11.1. The highest BCUT2D eigenvalue weighted by atomic mass is 32.1. The van der Waals surface area contributed by atoms with Crippen molar-refractivity contribution in [2.75, 3.05) is 0 Å². The van der Waals surface area contributed by atoms with Gasteiger partial charge in [0.2, 0.25) is 0 Å². The molecule has 0 spiro atoms. The van der Waals surface area contributed by atoms with Gasteiger partial charge in [-0.15, -0.1) is 11.3 Å². The van der Waals surface area contributed by atoms with Crippen LogP contribution < -0.4 is 0 Å². The van der Waals surface area contributed by atoms with Crippen molar-refractivity contribution in [3.63, 3.8) is 0 Å². The fraction of sp³-hybridized carbons (Fsp3) is 0.185. The summed E-state index contributed by atoms with van der Waals surface area (Å²) in [6, 6.07) is 23.6. The third kappa shape index (κ3) is 3.20. The second kappa shape index (κ2) is 7.03. The summed E-state index contributed by atoms with van der Waals surface area (Å²) in [7, 11) is 0. The molecule has 0 aliphatic heterocycles. The van der Waals surface area contributed by atoms with Gasteiger partial charge in [0.05, 0.1) is 15.7 Å². The summed E-state index contributed by atoms with van der Waals surface area (Å²) >= 11 is 1.78. The molecule has 0 N–H and O–H groups in total. The third-order valence-corrected chi connectivity index (χ3v) is 6.69. The topological polar surface area (TPSA) is 25.8 Å². The van der Waals surface area contributed by atoms with Gasteiger partial charge in [-0.1, -0.05) is 69.3 Å². The lowest BCUT2D eigenvalue weighted by Gasteiger charge is -2.20. The van der Waals surface area contributed by atoms with E-state index in [0.29, 0.717) is 0 Å². The van der Waals surface area contributed by atoms with Crippen LogP contribution in [0.4, 0.5) is 0 Å². The Morgan fingerprint density at radius 1 is 0.767 bits per heavy atom. The van der Waals surface area contributed by atoms with Crippen LogP contribution in [-0.4, -0.2) is 9.97 Å². The molecule has 0 aliphatic carbocycles. The monoisotopic (exact) mass is 408 g/mol. The molecule has 0 saturated heterocycles. The number of para-hydroxylation sites is 1. The molecule has 0 fully saturated rings. The van der Waals surface area contributed by atoms with Crippen LogP contribution in [-0.2, 0) is 5.41 Å². The first kappa shape index (κ1) is 19.0. The minimum absolute atomic E-state index is 0.0494. The van der Waals surface area contributed by atoms with Crippen LogP contribution in [0.3, 0.4) is 0 Å². The van der Waals surface area contributed by atoms with Gasteiger partial charge >= 0.3 is 0 Å². The van der Waals surface area contributed by atoms with Gasteiger partial charge in [-0.05, 0) is 41.7 Å². The summed E-state index contributed by atoms with van der Waals surface area (Å²) in [5.74, 6) is 0. The fourth-order valence-electron chi connectivity index (χ4n) is 3.92. The zero-order chi connectivity index (χ0) is 20.9. The van der Waals surface area contributed by atoms with Crippen LogP contribution in [0.2, 0.25) is 0 Å². The summed E-state index contributed by atoms with van der Waals surface area (Å²) in [6.07, 6.45) is 1.87. The molecule has 0 bridgehead atoms. The molecule has 3 aromatic carbocycles. The molecule has 0 amide bonds. The van der Waals surface area contributed by atoms with Gasteiger partial charge in [0.1, 0.15) is 5.01 Å². The van der Waals surface area contributed by atoms with Crippen molar-refractivity contribution in [3.05, 3.63) is 84.1 Å². The number of thiazole rings is 1. The molecule has 0 unspecified atom stereocenters. The fourth-order valence-corrected chi connectivity index (χ4v) is 5.04. The first-order chi connectivity index (χ1) is 14.4. The van der Waals surface area contributed by atoms with E-state index >= 15 is 0 Å². The summed E-state index contributed by atoms with van der Waals surface area (Å²) in [5.41, 5.74) is 8.22. The summed E-state index contributed by atoms with van der Waals surface area (Å²) in [4.78, 5) is 9.85. The van der Waals surface area contributed by atoms with Crippen LogP contribution in [0, 0.1) is 6.92 Å². The molecule has 0 atom stereocenters. The molecule has 0 aliphatic rings. The number of fused-ring (bicyclic) bond motifs is 2. The predicted molar refractivity (Wildman–Crippen MR) is 129 cm³/mol. The standard InChI is InChI=1S/C27H24N2S/c1-17-9-5-6-12-20(17)26-29-25-22(15-19(27(2,3)4)16-23(25)30-26)21-13-7-10-18-11-8-14-28-24(18)21/h5-16H,1-4H3. The van der Waals surface area contributed by atoms with Crippen LogP contribution in [0.5, 0.6) is 0 Å². The average molecular weight is 409 g/mol. The zero-order valence-corrected chi connectivity index (χ0v) is 18.5. The summed E-state index contributed by atoms with van der Waals surface area (Å²) < 4.78 is 1.23. The number of pyridine rings is 1. The Morgan fingerprint density at radius 2 is 1.53 bits per heavy atom. The van der Waals surface area contributed by atoms with Crippen molar-refractivity contribution >= 4 is 32.5 Å². The second-order valence-corrected chi connectivity index (χ2v) is 9.87. The smallest absolute Gasteiger partial charge is 0.124 e. The van der Waals surface area contributed by atoms with Gasteiger partial charge in [0.15, 0.2) is 0 Å². The van der Waals surface area contributed by atoms with Gasteiger partial charge in [0.25, 0.3) is 0 Å². The van der Waals surface area contributed by atoms with E-state index in [1.807, 2.05) is 12.3 Å². The number of benzene rings is 3. The van der Waals surface area contributed by atoms with E-state index in [1.54, 1.807) is 11.3 Å². The lowest BCUT2D eigenvalue weighted by atomic mass is 9.85. The van der Waals surface area contributed by atoms with Crippen molar-refractivity contribution in [1.82, 2.24) is 9.97 Å². The van der Waals surface area contributed by atoms with E-state index < -0.39 is 0 Å². The second-order valence-electron chi connectivity index (χ2n) is 8.84.